The van der Waals surface area contributed by atoms with Crippen molar-refractivity contribution in [3.8, 4) is 0 Å². The summed E-state index contributed by atoms with van der Waals surface area (Å²) in [7, 11) is 0. The second kappa shape index (κ2) is 9.57. The molecule has 4 saturated heterocycles. The molecule has 2 aromatic rings. The van der Waals surface area contributed by atoms with Gasteiger partial charge in [-0.15, -0.1) is 12.4 Å². The van der Waals surface area contributed by atoms with Gasteiger partial charge in [-0.3, -0.25) is 4.90 Å². The number of para-hydroxylation sites is 1. The van der Waals surface area contributed by atoms with Gasteiger partial charge in [-0.1, -0.05) is 18.2 Å². The maximum atomic E-state index is 4.70. The number of piperidine rings is 4. The number of nitrogens with one attached hydrogen (secondary N) is 2. The summed E-state index contributed by atoms with van der Waals surface area (Å²) in [4.78, 5) is 18.6. The SMILES string of the molecule is Cl.c1ccc(Nc2nc(NN=C3CN4CCC3CC4)nc(N3CCCCC3)n2)cc1. The van der Waals surface area contributed by atoms with Crippen LogP contribution < -0.4 is 15.6 Å². The summed E-state index contributed by atoms with van der Waals surface area (Å²) in [6, 6.07) is 9.99. The first-order valence-corrected chi connectivity index (χ1v) is 10.7. The highest BCUT2D eigenvalue weighted by Gasteiger charge is 2.31. The first-order chi connectivity index (χ1) is 14.3. The molecule has 0 saturated carbocycles. The van der Waals surface area contributed by atoms with Crippen LogP contribution in [0.15, 0.2) is 35.4 Å². The molecular formula is C21H29ClN8. The molecule has 0 amide bonds. The molecule has 5 heterocycles. The third-order valence-corrected chi connectivity index (χ3v) is 6.04. The van der Waals surface area contributed by atoms with Crippen molar-refractivity contribution in [2.24, 2.45) is 11.0 Å². The molecule has 4 aliphatic heterocycles. The van der Waals surface area contributed by atoms with E-state index in [0.717, 1.165) is 31.3 Å². The van der Waals surface area contributed by atoms with E-state index in [4.69, 9.17) is 5.10 Å². The number of fused-ring (bicyclic) bond motifs is 3. The summed E-state index contributed by atoms with van der Waals surface area (Å²) in [5.41, 5.74) is 5.32. The molecular weight excluding hydrogens is 400 g/mol. The highest BCUT2D eigenvalue weighted by Crippen LogP contribution is 2.26. The van der Waals surface area contributed by atoms with E-state index in [1.165, 1.54) is 50.9 Å². The minimum atomic E-state index is 0. The molecule has 0 spiro atoms. The molecule has 6 rings (SSSR count). The van der Waals surface area contributed by atoms with Crippen molar-refractivity contribution in [2.45, 2.75) is 32.1 Å². The smallest absolute Gasteiger partial charge is 0.250 e. The highest BCUT2D eigenvalue weighted by atomic mass is 35.5. The van der Waals surface area contributed by atoms with Crippen LogP contribution in [0.4, 0.5) is 23.5 Å². The van der Waals surface area contributed by atoms with Crippen LogP contribution in [0.1, 0.15) is 32.1 Å². The van der Waals surface area contributed by atoms with Crippen LogP contribution in [0.2, 0.25) is 0 Å². The quantitative estimate of drug-likeness (QED) is 0.705. The topological polar surface area (TPSA) is 81.6 Å². The molecule has 0 atom stereocenters. The zero-order chi connectivity index (χ0) is 19.5. The Bertz CT molecular complexity index is 861. The van der Waals surface area contributed by atoms with Crippen LogP contribution in [0, 0.1) is 5.92 Å². The van der Waals surface area contributed by atoms with Gasteiger partial charge in [0.2, 0.25) is 17.8 Å². The van der Waals surface area contributed by atoms with Crippen LogP contribution in [0.5, 0.6) is 0 Å². The van der Waals surface area contributed by atoms with E-state index in [1.54, 1.807) is 0 Å². The van der Waals surface area contributed by atoms with E-state index in [1.807, 2.05) is 30.3 Å². The van der Waals surface area contributed by atoms with Crippen molar-refractivity contribution in [3.05, 3.63) is 30.3 Å². The summed E-state index contributed by atoms with van der Waals surface area (Å²) < 4.78 is 0. The predicted molar refractivity (Wildman–Crippen MR) is 123 cm³/mol. The van der Waals surface area contributed by atoms with Crippen LogP contribution in [-0.2, 0) is 0 Å². The van der Waals surface area contributed by atoms with E-state index >= 15 is 0 Å². The number of hydrogen-bond donors (Lipinski definition) is 2. The van der Waals surface area contributed by atoms with Crippen molar-refractivity contribution >= 4 is 41.7 Å². The van der Waals surface area contributed by atoms with Gasteiger partial charge in [0.15, 0.2) is 0 Å². The lowest BCUT2D eigenvalue weighted by atomic mass is 9.87. The fourth-order valence-electron chi connectivity index (χ4n) is 4.39. The predicted octanol–water partition coefficient (Wildman–Crippen LogP) is 3.52. The van der Waals surface area contributed by atoms with Crippen molar-refractivity contribution in [1.82, 2.24) is 19.9 Å². The zero-order valence-electron chi connectivity index (χ0n) is 17.1. The first-order valence-electron chi connectivity index (χ1n) is 10.7. The molecule has 4 fully saturated rings. The summed E-state index contributed by atoms with van der Waals surface area (Å²) in [5.74, 6) is 2.36. The second-order valence-corrected chi connectivity index (χ2v) is 8.09. The van der Waals surface area contributed by atoms with Gasteiger partial charge >= 0.3 is 0 Å². The van der Waals surface area contributed by atoms with E-state index in [0.29, 0.717) is 17.8 Å². The molecule has 0 unspecified atom stereocenters. The largest absolute Gasteiger partial charge is 0.341 e. The maximum absolute atomic E-state index is 4.70. The van der Waals surface area contributed by atoms with E-state index in [2.05, 4.69) is 35.5 Å². The van der Waals surface area contributed by atoms with E-state index in [-0.39, 0.29) is 12.4 Å². The molecule has 1 aromatic heterocycles. The number of anilines is 4. The molecule has 2 bridgehead atoms. The van der Waals surface area contributed by atoms with E-state index < -0.39 is 0 Å². The van der Waals surface area contributed by atoms with Crippen LogP contribution in [0.3, 0.4) is 0 Å². The third-order valence-electron chi connectivity index (χ3n) is 6.04. The molecule has 4 aliphatic rings. The minimum absolute atomic E-state index is 0. The Balaban J connectivity index is 0.00000218. The normalized spacial score (nSPS) is 24.4. The van der Waals surface area contributed by atoms with Crippen LogP contribution in [0.25, 0.3) is 0 Å². The van der Waals surface area contributed by atoms with Gasteiger partial charge in [0.25, 0.3) is 0 Å². The highest BCUT2D eigenvalue weighted by molar-refractivity contribution is 5.90. The van der Waals surface area contributed by atoms with Crippen molar-refractivity contribution in [1.29, 1.82) is 0 Å². The summed E-state index contributed by atoms with van der Waals surface area (Å²) in [5, 5.41) is 8.00. The van der Waals surface area contributed by atoms with Crippen molar-refractivity contribution in [2.75, 3.05) is 48.4 Å². The van der Waals surface area contributed by atoms with Crippen molar-refractivity contribution in [3.63, 3.8) is 0 Å². The van der Waals surface area contributed by atoms with Crippen molar-refractivity contribution < 1.29 is 0 Å². The Labute approximate surface area is 183 Å². The molecule has 30 heavy (non-hydrogen) atoms. The third kappa shape index (κ3) is 4.82. The summed E-state index contributed by atoms with van der Waals surface area (Å²) >= 11 is 0. The molecule has 9 heteroatoms. The maximum Gasteiger partial charge on any atom is 0.250 e. The van der Waals surface area contributed by atoms with Gasteiger partial charge in [-0.2, -0.15) is 20.1 Å². The molecule has 2 N–H and O–H groups in total. The molecule has 0 radical (unpaired) electrons. The van der Waals surface area contributed by atoms with Gasteiger partial charge < -0.3 is 10.2 Å². The molecule has 160 valence electrons. The van der Waals surface area contributed by atoms with Gasteiger partial charge in [-0.05, 0) is 57.3 Å². The second-order valence-electron chi connectivity index (χ2n) is 8.09. The number of rotatable bonds is 5. The first kappa shape index (κ1) is 20.8. The number of nitrogens with zero attached hydrogens (tertiary/aromatic N) is 6. The lowest BCUT2D eigenvalue weighted by Gasteiger charge is -2.39. The Hall–Kier alpha value is -2.45. The average Bonchev–Trinajstić information content (AvgIpc) is 2.80. The molecule has 1 aromatic carbocycles. The van der Waals surface area contributed by atoms with Gasteiger partial charge in [0, 0.05) is 31.2 Å². The summed E-state index contributed by atoms with van der Waals surface area (Å²) in [6.07, 6.45) is 6.04. The van der Waals surface area contributed by atoms with Crippen LogP contribution >= 0.6 is 12.4 Å². The number of hydrazone groups is 1. The van der Waals surface area contributed by atoms with Gasteiger partial charge in [0.1, 0.15) is 0 Å². The van der Waals surface area contributed by atoms with Crippen LogP contribution in [-0.4, -0.2) is 58.3 Å². The van der Waals surface area contributed by atoms with Gasteiger partial charge in [0.05, 0.1) is 5.71 Å². The monoisotopic (exact) mass is 428 g/mol. The standard InChI is InChI=1S/C21H28N8.ClH/c1-3-7-17(8-4-1)22-19-23-20(25-21(24-19)29-11-5-2-6-12-29)27-26-18-15-28-13-9-16(18)10-14-28;/h1,3-4,7-8,16H,2,5-6,9-15H2,(H2,22,23,24,25,27);1H. The Morgan fingerprint density at radius 2 is 1.60 bits per heavy atom. The Kier molecular flexibility index (Phi) is 6.64. The lowest BCUT2D eigenvalue weighted by molar-refractivity contribution is 0.200. The number of hydrogen-bond acceptors (Lipinski definition) is 8. The zero-order valence-corrected chi connectivity index (χ0v) is 17.9. The minimum Gasteiger partial charge on any atom is -0.341 e. The van der Waals surface area contributed by atoms with Gasteiger partial charge in [-0.25, -0.2) is 5.43 Å². The number of aromatic nitrogens is 3. The Morgan fingerprint density at radius 3 is 2.30 bits per heavy atom. The fraction of sp³-hybridized carbons (Fsp3) is 0.524. The number of benzene rings is 1. The molecule has 0 aliphatic carbocycles. The fourth-order valence-corrected chi connectivity index (χ4v) is 4.39. The Morgan fingerprint density at radius 1 is 0.867 bits per heavy atom. The molecule has 8 nitrogen and oxygen atoms in total. The average molecular weight is 429 g/mol. The lowest BCUT2D eigenvalue weighted by Crippen LogP contribution is -2.48. The van der Waals surface area contributed by atoms with E-state index in [9.17, 15) is 0 Å². The number of halogens is 1. The summed E-state index contributed by atoms with van der Waals surface area (Å²) in [6.45, 7) is 5.32.